The van der Waals surface area contributed by atoms with Crippen LogP contribution in [0.2, 0.25) is 0 Å². The first-order chi connectivity index (χ1) is 9.24. The van der Waals surface area contributed by atoms with Crippen molar-refractivity contribution < 1.29 is 14.6 Å². The van der Waals surface area contributed by atoms with Crippen LogP contribution in [0.5, 0.6) is 5.75 Å². The average Bonchev–Trinajstić information content (AvgIpc) is 2.45. The van der Waals surface area contributed by atoms with E-state index in [0.29, 0.717) is 13.0 Å². The van der Waals surface area contributed by atoms with Crippen LogP contribution < -0.4 is 4.74 Å². The third kappa shape index (κ3) is 4.43. The van der Waals surface area contributed by atoms with E-state index in [0.717, 1.165) is 16.9 Å². The van der Waals surface area contributed by atoms with Crippen molar-refractivity contribution in [3.8, 4) is 5.75 Å². The van der Waals surface area contributed by atoms with Gasteiger partial charge in [-0.05, 0) is 30.2 Å². The van der Waals surface area contributed by atoms with Crippen LogP contribution in [0.25, 0.3) is 0 Å². The van der Waals surface area contributed by atoms with E-state index in [1.54, 1.807) is 12.4 Å². The van der Waals surface area contributed by atoms with Crippen LogP contribution in [-0.4, -0.2) is 16.1 Å². The van der Waals surface area contributed by atoms with Crippen molar-refractivity contribution in [2.45, 2.75) is 19.4 Å². The lowest BCUT2D eigenvalue weighted by molar-refractivity contribution is -0.136. The van der Waals surface area contributed by atoms with Gasteiger partial charge in [0.15, 0.2) is 0 Å². The van der Waals surface area contributed by atoms with Gasteiger partial charge in [-0.25, -0.2) is 0 Å². The second-order valence-corrected chi connectivity index (χ2v) is 4.19. The Bertz CT molecular complexity index is 523. The number of aliphatic carboxylic acids is 1. The molecule has 2 rings (SSSR count). The average molecular weight is 257 g/mol. The molecule has 0 unspecified atom stereocenters. The number of aromatic nitrogens is 1. The molecular weight excluding hydrogens is 242 g/mol. The van der Waals surface area contributed by atoms with Crippen LogP contribution in [0.15, 0.2) is 48.8 Å². The van der Waals surface area contributed by atoms with Gasteiger partial charge in [0.2, 0.25) is 0 Å². The van der Waals surface area contributed by atoms with Crippen molar-refractivity contribution in [3.05, 3.63) is 59.9 Å². The molecule has 0 saturated heterocycles. The summed E-state index contributed by atoms with van der Waals surface area (Å²) in [5, 5.41) is 8.61. The summed E-state index contributed by atoms with van der Waals surface area (Å²) in [6.45, 7) is 0.475. The van der Waals surface area contributed by atoms with Gasteiger partial charge >= 0.3 is 5.97 Å². The zero-order valence-electron chi connectivity index (χ0n) is 10.5. The number of nitrogens with zero attached hydrogens (tertiary/aromatic N) is 1. The van der Waals surface area contributed by atoms with Crippen molar-refractivity contribution in [2.24, 2.45) is 0 Å². The lowest BCUT2D eigenvalue weighted by atomic mass is 10.1. The van der Waals surface area contributed by atoms with Gasteiger partial charge in [0.1, 0.15) is 12.4 Å². The molecule has 2 aromatic rings. The smallest absolute Gasteiger partial charge is 0.303 e. The van der Waals surface area contributed by atoms with Crippen molar-refractivity contribution in [2.75, 3.05) is 0 Å². The van der Waals surface area contributed by atoms with E-state index in [-0.39, 0.29) is 6.42 Å². The Kier molecular flexibility index (Phi) is 4.50. The number of carboxylic acids is 1. The maximum absolute atomic E-state index is 10.5. The molecule has 0 atom stereocenters. The minimum absolute atomic E-state index is 0.149. The molecule has 0 aliphatic rings. The molecule has 4 heteroatoms. The lowest BCUT2D eigenvalue weighted by Crippen LogP contribution is -1.98. The van der Waals surface area contributed by atoms with E-state index in [4.69, 9.17) is 9.84 Å². The Balaban J connectivity index is 1.86. The van der Waals surface area contributed by atoms with Gasteiger partial charge in [-0.3, -0.25) is 9.78 Å². The molecule has 0 aliphatic carbocycles. The molecule has 4 nitrogen and oxygen atoms in total. The molecule has 0 saturated carbocycles. The fraction of sp³-hybridized carbons (Fsp3) is 0.200. The van der Waals surface area contributed by atoms with Crippen molar-refractivity contribution in [3.63, 3.8) is 0 Å². The molecule has 0 radical (unpaired) electrons. The largest absolute Gasteiger partial charge is 0.489 e. The summed E-state index contributed by atoms with van der Waals surface area (Å²) >= 11 is 0. The molecule has 1 aromatic carbocycles. The molecular formula is C15H15NO3. The molecule has 1 heterocycles. The number of pyridine rings is 1. The topological polar surface area (TPSA) is 59.4 Å². The highest BCUT2D eigenvalue weighted by molar-refractivity contribution is 5.67. The van der Waals surface area contributed by atoms with Gasteiger partial charge in [0, 0.05) is 24.4 Å². The Morgan fingerprint density at radius 3 is 2.58 bits per heavy atom. The van der Waals surface area contributed by atoms with E-state index < -0.39 is 5.97 Å². The molecule has 1 N–H and O–H groups in total. The fourth-order valence-electron chi connectivity index (χ4n) is 1.65. The number of ether oxygens (including phenoxy) is 1. The van der Waals surface area contributed by atoms with Gasteiger partial charge in [-0.1, -0.05) is 18.2 Å². The maximum atomic E-state index is 10.5. The Morgan fingerprint density at radius 1 is 1.16 bits per heavy atom. The third-order valence-corrected chi connectivity index (χ3v) is 2.68. The maximum Gasteiger partial charge on any atom is 0.303 e. The van der Waals surface area contributed by atoms with Crippen LogP contribution in [0.1, 0.15) is 17.5 Å². The number of aryl methyl sites for hydroxylation is 1. The first kappa shape index (κ1) is 13.1. The quantitative estimate of drug-likeness (QED) is 0.864. The summed E-state index contributed by atoms with van der Waals surface area (Å²) in [4.78, 5) is 14.5. The minimum Gasteiger partial charge on any atom is -0.489 e. The Hall–Kier alpha value is -2.36. The van der Waals surface area contributed by atoms with Crippen LogP contribution in [0.4, 0.5) is 0 Å². The van der Waals surface area contributed by atoms with E-state index in [9.17, 15) is 4.79 Å². The first-order valence-electron chi connectivity index (χ1n) is 6.06. The van der Waals surface area contributed by atoms with Crippen LogP contribution >= 0.6 is 0 Å². The molecule has 0 amide bonds. The molecule has 0 bridgehead atoms. The van der Waals surface area contributed by atoms with Gasteiger partial charge in [0.05, 0.1) is 0 Å². The van der Waals surface area contributed by atoms with Crippen LogP contribution in [-0.2, 0) is 17.8 Å². The number of carboxylic acid groups (broad SMARTS) is 1. The van der Waals surface area contributed by atoms with Gasteiger partial charge < -0.3 is 9.84 Å². The molecule has 1 aromatic heterocycles. The zero-order chi connectivity index (χ0) is 13.5. The summed E-state index contributed by atoms with van der Waals surface area (Å²) < 4.78 is 5.62. The summed E-state index contributed by atoms with van der Waals surface area (Å²) in [6.07, 6.45) is 4.18. The highest BCUT2D eigenvalue weighted by atomic mass is 16.5. The summed E-state index contributed by atoms with van der Waals surface area (Å²) in [7, 11) is 0. The minimum atomic E-state index is -0.781. The predicted octanol–water partition coefficient (Wildman–Crippen LogP) is 2.68. The molecule has 98 valence electrons. The second-order valence-electron chi connectivity index (χ2n) is 4.19. The summed E-state index contributed by atoms with van der Waals surface area (Å²) in [5.74, 6) is -0.0140. The second kappa shape index (κ2) is 6.54. The van der Waals surface area contributed by atoms with Crippen molar-refractivity contribution >= 4 is 5.97 Å². The highest BCUT2D eigenvalue weighted by Gasteiger charge is 2.00. The monoisotopic (exact) mass is 257 g/mol. The molecule has 0 aliphatic heterocycles. The Labute approximate surface area is 111 Å². The number of rotatable bonds is 6. The van der Waals surface area contributed by atoms with Crippen LogP contribution in [0, 0.1) is 0 Å². The number of benzene rings is 1. The molecule has 19 heavy (non-hydrogen) atoms. The molecule has 0 spiro atoms. The third-order valence-electron chi connectivity index (χ3n) is 2.68. The summed E-state index contributed by atoms with van der Waals surface area (Å²) in [5.41, 5.74) is 2.01. The fourth-order valence-corrected chi connectivity index (χ4v) is 1.65. The number of carbonyl (C=O) groups is 1. The van der Waals surface area contributed by atoms with Crippen LogP contribution in [0.3, 0.4) is 0 Å². The zero-order valence-corrected chi connectivity index (χ0v) is 10.5. The van der Waals surface area contributed by atoms with E-state index in [2.05, 4.69) is 4.98 Å². The lowest BCUT2D eigenvalue weighted by Gasteiger charge is -2.06. The molecule has 0 fully saturated rings. The first-order valence-corrected chi connectivity index (χ1v) is 6.06. The Morgan fingerprint density at radius 2 is 1.95 bits per heavy atom. The van der Waals surface area contributed by atoms with E-state index in [1.807, 2.05) is 36.4 Å². The predicted molar refractivity (Wildman–Crippen MR) is 71.0 cm³/mol. The normalized spacial score (nSPS) is 10.1. The summed E-state index contributed by atoms with van der Waals surface area (Å²) in [6, 6.07) is 11.3. The standard InChI is InChI=1S/C15H15NO3/c17-15(18)8-5-12-3-6-14(7-4-12)19-11-13-2-1-9-16-10-13/h1-4,6-7,9-10H,5,8,11H2,(H,17,18). The van der Waals surface area contributed by atoms with E-state index in [1.165, 1.54) is 0 Å². The van der Waals surface area contributed by atoms with Gasteiger partial charge in [-0.2, -0.15) is 0 Å². The van der Waals surface area contributed by atoms with Gasteiger partial charge in [-0.15, -0.1) is 0 Å². The van der Waals surface area contributed by atoms with Crippen molar-refractivity contribution in [1.29, 1.82) is 0 Å². The highest BCUT2D eigenvalue weighted by Crippen LogP contribution is 2.15. The van der Waals surface area contributed by atoms with E-state index >= 15 is 0 Å². The van der Waals surface area contributed by atoms with Crippen molar-refractivity contribution in [1.82, 2.24) is 4.98 Å². The van der Waals surface area contributed by atoms with Gasteiger partial charge in [0.25, 0.3) is 0 Å². The SMILES string of the molecule is O=C(O)CCc1ccc(OCc2cccnc2)cc1. The number of hydrogen-bond acceptors (Lipinski definition) is 3. The number of hydrogen-bond donors (Lipinski definition) is 1.